The maximum absolute atomic E-state index is 12.0. The van der Waals surface area contributed by atoms with E-state index in [9.17, 15) is 4.79 Å². The molecular formula is C13H12N2O3. The summed E-state index contributed by atoms with van der Waals surface area (Å²) < 4.78 is 11.7. The summed E-state index contributed by atoms with van der Waals surface area (Å²) >= 11 is 0. The first-order valence-corrected chi connectivity index (χ1v) is 5.27. The highest BCUT2D eigenvalue weighted by Crippen LogP contribution is 2.31. The van der Waals surface area contributed by atoms with Crippen LogP contribution >= 0.6 is 0 Å². The average molecular weight is 244 g/mol. The minimum Gasteiger partial charge on any atom is -0.493 e. The zero-order chi connectivity index (χ0) is 13.3. The number of aryl methyl sites for hydroxylation is 1. The SMILES string of the molecule is COc1cc2c(C#N)cn(C)c(=O)c2cc1OC. The molecule has 92 valence electrons. The van der Waals surface area contributed by atoms with Gasteiger partial charge in [0.1, 0.15) is 6.07 Å². The third-order valence-electron chi connectivity index (χ3n) is 2.81. The van der Waals surface area contributed by atoms with Crippen molar-refractivity contribution in [2.75, 3.05) is 14.2 Å². The van der Waals surface area contributed by atoms with Gasteiger partial charge in [-0.3, -0.25) is 4.79 Å². The maximum atomic E-state index is 12.0. The number of benzene rings is 1. The molecule has 5 heteroatoms. The van der Waals surface area contributed by atoms with E-state index in [2.05, 4.69) is 6.07 Å². The van der Waals surface area contributed by atoms with E-state index in [1.807, 2.05) is 0 Å². The molecule has 0 aliphatic carbocycles. The molecule has 0 bridgehead atoms. The molecule has 0 saturated carbocycles. The second kappa shape index (κ2) is 4.41. The summed E-state index contributed by atoms with van der Waals surface area (Å²) in [6.07, 6.45) is 1.51. The van der Waals surface area contributed by atoms with E-state index in [0.717, 1.165) is 0 Å². The van der Waals surface area contributed by atoms with E-state index in [1.165, 1.54) is 25.0 Å². The van der Waals surface area contributed by atoms with Crippen LogP contribution in [0.5, 0.6) is 11.5 Å². The van der Waals surface area contributed by atoms with E-state index in [4.69, 9.17) is 14.7 Å². The van der Waals surface area contributed by atoms with Crippen molar-refractivity contribution in [1.29, 1.82) is 5.26 Å². The number of methoxy groups -OCH3 is 2. The van der Waals surface area contributed by atoms with Crippen molar-refractivity contribution in [3.63, 3.8) is 0 Å². The number of pyridine rings is 1. The van der Waals surface area contributed by atoms with Gasteiger partial charge in [-0.05, 0) is 12.1 Å². The first-order valence-electron chi connectivity index (χ1n) is 5.27. The Morgan fingerprint density at radius 3 is 2.22 bits per heavy atom. The molecule has 2 aromatic rings. The molecule has 0 amide bonds. The molecule has 0 atom stereocenters. The van der Waals surface area contributed by atoms with Crippen LogP contribution in [-0.2, 0) is 7.05 Å². The zero-order valence-corrected chi connectivity index (χ0v) is 10.4. The molecular weight excluding hydrogens is 232 g/mol. The summed E-state index contributed by atoms with van der Waals surface area (Å²) in [5, 5.41) is 10.1. The van der Waals surface area contributed by atoms with E-state index in [-0.39, 0.29) is 5.56 Å². The third-order valence-corrected chi connectivity index (χ3v) is 2.81. The molecule has 1 aromatic heterocycles. The second-order valence-corrected chi connectivity index (χ2v) is 3.82. The Labute approximate surface area is 104 Å². The standard InChI is InChI=1S/C13H12N2O3/c1-15-7-8(6-14)9-4-11(17-2)12(18-3)5-10(9)13(15)16/h4-5,7H,1-3H3. The van der Waals surface area contributed by atoms with Gasteiger partial charge in [0.15, 0.2) is 11.5 Å². The number of hydrogen-bond acceptors (Lipinski definition) is 4. The number of nitriles is 1. The molecule has 0 spiro atoms. The minimum absolute atomic E-state index is 0.176. The molecule has 0 N–H and O–H groups in total. The average Bonchev–Trinajstić information content (AvgIpc) is 2.41. The van der Waals surface area contributed by atoms with Crippen molar-refractivity contribution in [3.05, 3.63) is 34.2 Å². The Kier molecular flexibility index (Phi) is 2.94. The van der Waals surface area contributed by atoms with Gasteiger partial charge >= 0.3 is 0 Å². The van der Waals surface area contributed by atoms with Crippen molar-refractivity contribution in [2.45, 2.75) is 0 Å². The summed E-state index contributed by atoms with van der Waals surface area (Å²) in [5.41, 5.74) is 0.248. The van der Waals surface area contributed by atoms with Crippen molar-refractivity contribution in [3.8, 4) is 17.6 Å². The van der Waals surface area contributed by atoms with E-state index in [1.54, 1.807) is 19.2 Å². The van der Waals surface area contributed by atoms with Crippen molar-refractivity contribution < 1.29 is 9.47 Å². The van der Waals surface area contributed by atoms with Crippen molar-refractivity contribution in [1.82, 2.24) is 4.57 Å². The third kappa shape index (κ3) is 1.68. The van der Waals surface area contributed by atoms with Crippen LogP contribution in [0.2, 0.25) is 0 Å². The number of fused-ring (bicyclic) bond motifs is 1. The highest BCUT2D eigenvalue weighted by molar-refractivity contribution is 5.89. The number of aromatic nitrogens is 1. The van der Waals surface area contributed by atoms with Crippen LogP contribution in [0.15, 0.2) is 23.1 Å². The molecule has 1 aromatic carbocycles. The molecule has 18 heavy (non-hydrogen) atoms. The molecule has 0 saturated heterocycles. The molecule has 0 aliphatic heterocycles. The predicted octanol–water partition coefficient (Wildman–Crippen LogP) is 1.43. The molecule has 0 radical (unpaired) electrons. The Bertz CT molecular complexity index is 711. The normalized spacial score (nSPS) is 10.1. The molecule has 5 nitrogen and oxygen atoms in total. The van der Waals surface area contributed by atoms with Crippen molar-refractivity contribution >= 4 is 10.8 Å². The molecule has 0 fully saturated rings. The van der Waals surface area contributed by atoms with Gasteiger partial charge in [0, 0.05) is 18.6 Å². The monoisotopic (exact) mass is 244 g/mol. The lowest BCUT2D eigenvalue weighted by molar-refractivity contribution is 0.356. The fraction of sp³-hybridized carbons (Fsp3) is 0.231. The Balaban J connectivity index is 2.97. The fourth-order valence-corrected chi connectivity index (χ4v) is 1.88. The van der Waals surface area contributed by atoms with Crippen LogP contribution in [0.1, 0.15) is 5.56 Å². The summed E-state index contributed by atoms with van der Waals surface area (Å²) in [6.45, 7) is 0. The van der Waals surface area contributed by atoms with Gasteiger partial charge in [-0.25, -0.2) is 0 Å². The topological polar surface area (TPSA) is 64.2 Å². The molecule has 0 unspecified atom stereocenters. The van der Waals surface area contributed by atoms with E-state index < -0.39 is 0 Å². The number of hydrogen-bond donors (Lipinski definition) is 0. The number of rotatable bonds is 2. The Hall–Kier alpha value is -2.48. The van der Waals surface area contributed by atoms with Crippen LogP contribution in [0.3, 0.4) is 0 Å². The van der Waals surface area contributed by atoms with Gasteiger partial charge in [-0.2, -0.15) is 5.26 Å². The molecule has 2 rings (SSSR count). The Morgan fingerprint density at radius 2 is 1.72 bits per heavy atom. The van der Waals surface area contributed by atoms with Crippen LogP contribution in [-0.4, -0.2) is 18.8 Å². The quantitative estimate of drug-likeness (QED) is 0.801. The van der Waals surface area contributed by atoms with Crippen LogP contribution in [0.4, 0.5) is 0 Å². The lowest BCUT2D eigenvalue weighted by Crippen LogP contribution is -2.17. The van der Waals surface area contributed by atoms with Crippen LogP contribution in [0, 0.1) is 11.3 Å². The van der Waals surface area contributed by atoms with Gasteiger partial charge in [0.2, 0.25) is 0 Å². The van der Waals surface area contributed by atoms with Gasteiger partial charge in [0.25, 0.3) is 5.56 Å². The Morgan fingerprint density at radius 1 is 1.17 bits per heavy atom. The van der Waals surface area contributed by atoms with Gasteiger partial charge in [0.05, 0.1) is 25.2 Å². The predicted molar refractivity (Wildman–Crippen MR) is 67.0 cm³/mol. The summed E-state index contributed by atoms with van der Waals surface area (Å²) in [6, 6.07) is 5.31. The first kappa shape index (κ1) is 12.0. The first-order chi connectivity index (χ1) is 8.62. The van der Waals surface area contributed by atoms with Gasteiger partial charge in [-0.15, -0.1) is 0 Å². The zero-order valence-electron chi connectivity index (χ0n) is 10.4. The van der Waals surface area contributed by atoms with Gasteiger partial charge in [-0.1, -0.05) is 0 Å². The number of nitrogens with zero attached hydrogens (tertiary/aromatic N) is 2. The van der Waals surface area contributed by atoms with Gasteiger partial charge < -0.3 is 14.0 Å². The minimum atomic E-state index is -0.176. The highest BCUT2D eigenvalue weighted by Gasteiger charge is 2.12. The number of ether oxygens (including phenoxy) is 2. The van der Waals surface area contributed by atoms with Crippen LogP contribution in [0.25, 0.3) is 10.8 Å². The lowest BCUT2D eigenvalue weighted by Gasteiger charge is -2.10. The van der Waals surface area contributed by atoms with E-state index >= 15 is 0 Å². The van der Waals surface area contributed by atoms with Crippen molar-refractivity contribution in [2.24, 2.45) is 7.05 Å². The lowest BCUT2D eigenvalue weighted by atomic mass is 10.1. The van der Waals surface area contributed by atoms with E-state index in [0.29, 0.717) is 27.8 Å². The largest absolute Gasteiger partial charge is 0.493 e. The smallest absolute Gasteiger partial charge is 0.258 e. The summed E-state index contributed by atoms with van der Waals surface area (Å²) in [5.74, 6) is 0.965. The summed E-state index contributed by atoms with van der Waals surface area (Å²) in [4.78, 5) is 12.0. The summed E-state index contributed by atoms with van der Waals surface area (Å²) in [7, 11) is 4.62. The maximum Gasteiger partial charge on any atom is 0.258 e. The fourth-order valence-electron chi connectivity index (χ4n) is 1.88. The van der Waals surface area contributed by atoms with Crippen LogP contribution < -0.4 is 15.0 Å². The molecule has 0 aliphatic rings. The highest BCUT2D eigenvalue weighted by atomic mass is 16.5. The molecule has 1 heterocycles. The second-order valence-electron chi connectivity index (χ2n) is 3.82.